The fourth-order valence-corrected chi connectivity index (χ4v) is 0.512. The third-order valence-electron chi connectivity index (χ3n) is 0.976. The van der Waals surface area contributed by atoms with Gasteiger partial charge in [0.05, 0.1) is 4.92 Å². The van der Waals surface area contributed by atoms with E-state index in [1.807, 2.05) is 0 Å². The molecule has 1 aromatic rings. The van der Waals surface area contributed by atoms with Crippen LogP contribution in [-0.4, -0.2) is 25.9 Å². The van der Waals surface area contributed by atoms with Crippen LogP contribution in [0.25, 0.3) is 0 Å². The molecule has 0 saturated carbocycles. The normalized spacial score (nSPS) is 9.45. The summed E-state index contributed by atoms with van der Waals surface area (Å²) in [4.78, 5) is 19.4. The van der Waals surface area contributed by atoms with E-state index in [-0.39, 0.29) is 5.69 Å². The van der Waals surface area contributed by atoms with Gasteiger partial charge in [0, 0.05) is 0 Å². The van der Waals surface area contributed by atoms with Crippen molar-refractivity contribution in [1.29, 1.82) is 0 Å². The van der Waals surface area contributed by atoms with Crippen LogP contribution in [-0.2, 0) is 0 Å². The van der Waals surface area contributed by atoms with Gasteiger partial charge in [0.15, 0.2) is 0 Å². The first-order chi connectivity index (χ1) is 5.11. The molecular formula is C4H3N3O4. The quantitative estimate of drug-likeness (QED) is 0.467. The number of nitro groups is 1. The van der Waals surface area contributed by atoms with Gasteiger partial charge >= 0.3 is 11.8 Å². The third-order valence-corrected chi connectivity index (χ3v) is 0.976. The van der Waals surface area contributed by atoms with Gasteiger partial charge in [-0.2, -0.15) is 9.78 Å². The van der Waals surface area contributed by atoms with Gasteiger partial charge in [-0.15, -0.1) is 0 Å². The lowest BCUT2D eigenvalue weighted by Gasteiger charge is -1.85. The second-order valence-corrected chi connectivity index (χ2v) is 1.68. The summed E-state index contributed by atoms with van der Waals surface area (Å²) >= 11 is 0. The average molecular weight is 157 g/mol. The van der Waals surface area contributed by atoms with Crippen molar-refractivity contribution < 1.29 is 14.8 Å². The number of hydrogen-bond donors (Lipinski definition) is 1. The molecule has 0 unspecified atom stereocenters. The van der Waals surface area contributed by atoms with E-state index in [1.165, 1.54) is 0 Å². The van der Waals surface area contributed by atoms with Gasteiger partial charge < -0.3 is 5.11 Å². The lowest BCUT2D eigenvalue weighted by Crippen LogP contribution is -2.07. The lowest BCUT2D eigenvalue weighted by atomic mass is 10.6. The average Bonchev–Trinajstić information content (AvgIpc) is 2.33. The van der Waals surface area contributed by atoms with Crippen molar-refractivity contribution in [1.82, 2.24) is 9.78 Å². The molecule has 0 aliphatic carbocycles. The predicted octanol–water partition coefficient (Wildman–Crippen LogP) is 0.317. The maximum Gasteiger partial charge on any atom is 0.432 e. The van der Waals surface area contributed by atoms with Gasteiger partial charge in [-0.1, -0.05) is 0 Å². The van der Waals surface area contributed by atoms with E-state index < -0.39 is 11.0 Å². The lowest BCUT2D eigenvalue weighted by molar-refractivity contribution is -0.384. The molecule has 1 heterocycles. The van der Waals surface area contributed by atoms with Gasteiger partial charge in [-0.25, -0.2) is 4.79 Å². The molecule has 11 heavy (non-hydrogen) atoms. The predicted molar refractivity (Wildman–Crippen MR) is 32.3 cm³/mol. The Balaban J connectivity index is 2.99. The minimum atomic E-state index is -1.35. The first-order valence-corrected chi connectivity index (χ1v) is 2.53. The molecule has 1 N–H and O–H groups in total. The van der Waals surface area contributed by atoms with Crippen LogP contribution in [0.15, 0.2) is 12.4 Å². The molecule has 0 radical (unpaired) electrons. The highest BCUT2D eigenvalue weighted by Crippen LogP contribution is 2.06. The highest BCUT2D eigenvalue weighted by atomic mass is 16.6. The van der Waals surface area contributed by atoms with E-state index in [0.29, 0.717) is 4.68 Å². The zero-order chi connectivity index (χ0) is 8.43. The van der Waals surface area contributed by atoms with Crippen molar-refractivity contribution in [3.05, 3.63) is 22.5 Å². The van der Waals surface area contributed by atoms with Crippen LogP contribution in [0.2, 0.25) is 0 Å². The third kappa shape index (κ3) is 1.31. The number of nitrogens with zero attached hydrogens (tertiary/aromatic N) is 3. The maximum atomic E-state index is 10.1. The smallest absolute Gasteiger partial charge is 0.432 e. The zero-order valence-electron chi connectivity index (χ0n) is 5.17. The SMILES string of the molecule is O=C(O)n1cc([N+](=O)[O-])cn1. The van der Waals surface area contributed by atoms with Crippen molar-refractivity contribution in [3.8, 4) is 0 Å². The number of hydrogen-bond acceptors (Lipinski definition) is 4. The molecule has 0 spiro atoms. The highest BCUT2D eigenvalue weighted by Gasteiger charge is 2.11. The maximum absolute atomic E-state index is 10.1. The van der Waals surface area contributed by atoms with Crippen LogP contribution in [0.4, 0.5) is 10.5 Å². The molecule has 0 atom stereocenters. The summed E-state index contributed by atoms with van der Waals surface area (Å²) in [6, 6.07) is 0. The summed E-state index contributed by atoms with van der Waals surface area (Å²) in [5, 5.41) is 21.5. The molecular weight excluding hydrogens is 154 g/mol. The van der Waals surface area contributed by atoms with E-state index in [2.05, 4.69) is 5.10 Å². The van der Waals surface area contributed by atoms with Crippen molar-refractivity contribution in [2.45, 2.75) is 0 Å². The first kappa shape index (κ1) is 7.19. The molecule has 0 aliphatic heterocycles. The topological polar surface area (TPSA) is 98.3 Å². The molecule has 1 aromatic heterocycles. The summed E-state index contributed by atoms with van der Waals surface area (Å²) < 4.78 is 0.470. The summed E-state index contributed by atoms with van der Waals surface area (Å²) in [7, 11) is 0. The molecule has 0 saturated heterocycles. The van der Waals surface area contributed by atoms with Gasteiger partial charge in [0.1, 0.15) is 12.4 Å². The minimum Gasteiger partial charge on any atom is -0.463 e. The molecule has 7 nitrogen and oxygen atoms in total. The Morgan fingerprint density at radius 1 is 1.82 bits per heavy atom. The van der Waals surface area contributed by atoms with Crippen LogP contribution < -0.4 is 0 Å². The summed E-state index contributed by atoms with van der Waals surface area (Å²) in [5.41, 5.74) is -0.340. The Hall–Kier alpha value is -1.92. The Bertz CT molecular complexity index is 276. The Kier molecular flexibility index (Phi) is 1.55. The van der Waals surface area contributed by atoms with Gasteiger partial charge in [0.2, 0.25) is 0 Å². The van der Waals surface area contributed by atoms with Crippen LogP contribution in [0.5, 0.6) is 0 Å². The number of carboxylic acid groups (broad SMARTS) is 1. The Morgan fingerprint density at radius 3 is 2.73 bits per heavy atom. The van der Waals surface area contributed by atoms with Crippen LogP contribution in [0, 0.1) is 10.1 Å². The number of rotatable bonds is 1. The molecule has 0 bridgehead atoms. The Labute approximate surface area is 60.0 Å². The van der Waals surface area contributed by atoms with E-state index in [1.54, 1.807) is 0 Å². The minimum absolute atomic E-state index is 0.340. The fraction of sp³-hybridized carbons (Fsp3) is 0. The van der Waals surface area contributed by atoms with Crippen molar-refractivity contribution >= 4 is 11.8 Å². The zero-order valence-corrected chi connectivity index (χ0v) is 5.17. The molecule has 0 amide bonds. The molecule has 0 fully saturated rings. The fourth-order valence-electron chi connectivity index (χ4n) is 0.512. The molecule has 58 valence electrons. The molecule has 0 aromatic carbocycles. The van der Waals surface area contributed by atoms with Crippen molar-refractivity contribution in [2.24, 2.45) is 0 Å². The van der Waals surface area contributed by atoms with Crippen molar-refractivity contribution in [2.75, 3.05) is 0 Å². The van der Waals surface area contributed by atoms with E-state index in [4.69, 9.17) is 5.11 Å². The van der Waals surface area contributed by atoms with Crippen molar-refractivity contribution in [3.63, 3.8) is 0 Å². The van der Waals surface area contributed by atoms with E-state index >= 15 is 0 Å². The van der Waals surface area contributed by atoms with Crippen LogP contribution >= 0.6 is 0 Å². The molecule has 1 rings (SSSR count). The van der Waals surface area contributed by atoms with Gasteiger partial charge in [-0.05, 0) is 0 Å². The molecule has 7 heteroatoms. The standard InChI is InChI=1S/C4H3N3O4/c8-4(9)6-2-3(1-5-6)7(10)11/h1-2H,(H,8,9). The van der Waals surface area contributed by atoms with Crippen LogP contribution in [0.1, 0.15) is 0 Å². The molecule has 0 aliphatic rings. The highest BCUT2D eigenvalue weighted by molar-refractivity contribution is 5.67. The second-order valence-electron chi connectivity index (χ2n) is 1.68. The van der Waals surface area contributed by atoms with Crippen LogP contribution in [0.3, 0.4) is 0 Å². The van der Waals surface area contributed by atoms with E-state index in [9.17, 15) is 14.9 Å². The largest absolute Gasteiger partial charge is 0.463 e. The summed E-state index contributed by atoms with van der Waals surface area (Å²) in [6.45, 7) is 0. The Morgan fingerprint density at radius 2 is 2.45 bits per heavy atom. The second kappa shape index (κ2) is 2.37. The number of aromatic nitrogens is 2. The van der Waals surface area contributed by atoms with Gasteiger partial charge in [-0.3, -0.25) is 10.1 Å². The first-order valence-electron chi connectivity index (χ1n) is 2.53. The monoisotopic (exact) mass is 157 g/mol. The number of carbonyl (C=O) groups is 1. The van der Waals surface area contributed by atoms with Gasteiger partial charge in [0.25, 0.3) is 0 Å². The summed E-state index contributed by atoms with van der Waals surface area (Å²) in [5.74, 6) is 0. The summed E-state index contributed by atoms with van der Waals surface area (Å²) in [6.07, 6.45) is 0.342. The van der Waals surface area contributed by atoms with E-state index in [0.717, 1.165) is 12.4 Å².